The minimum absolute atomic E-state index is 0.233. The molecule has 0 aliphatic carbocycles. The summed E-state index contributed by atoms with van der Waals surface area (Å²) in [6.45, 7) is -0.407. The Hall–Kier alpha value is -3.91. The normalized spacial score (nSPS) is 9.96. The van der Waals surface area contributed by atoms with Crippen molar-refractivity contribution in [3.63, 3.8) is 0 Å². The van der Waals surface area contributed by atoms with Crippen molar-refractivity contribution in [3.8, 4) is 6.07 Å². The molecule has 28 heavy (non-hydrogen) atoms. The molecule has 3 aromatic carbocycles. The highest BCUT2D eigenvalue weighted by atomic mass is 16.5. The molecule has 0 saturated carbocycles. The number of nitriles is 1. The molecule has 0 heterocycles. The van der Waals surface area contributed by atoms with Gasteiger partial charge >= 0.3 is 5.97 Å². The van der Waals surface area contributed by atoms with Gasteiger partial charge in [-0.1, -0.05) is 54.6 Å². The van der Waals surface area contributed by atoms with Gasteiger partial charge in [-0.2, -0.15) is 5.26 Å². The second kappa shape index (κ2) is 9.15. The van der Waals surface area contributed by atoms with Crippen molar-refractivity contribution in [3.05, 3.63) is 101 Å². The van der Waals surface area contributed by atoms with E-state index in [1.165, 1.54) is 12.1 Å². The van der Waals surface area contributed by atoms with Crippen LogP contribution in [0.5, 0.6) is 0 Å². The first-order valence-electron chi connectivity index (χ1n) is 8.74. The summed E-state index contributed by atoms with van der Waals surface area (Å²) >= 11 is 0. The number of carbonyl (C=O) groups is 2. The van der Waals surface area contributed by atoms with E-state index in [9.17, 15) is 9.59 Å². The zero-order valence-corrected chi connectivity index (χ0v) is 15.1. The summed E-state index contributed by atoms with van der Waals surface area (Å²) in [5.41, 5.74) is 3.37. The first-order valence-corrected chi connectivity index (χ1v) is 8.74. The molecule has 0 spiro atoms. The third kappa shape index (κ3) is 5.05. The topological polar surface area (TPSA) is 79.2 Å². The van der Waals surface area contributed by atoms with Crippen molar-refractivity contribution < 1.29 is 14.3 Å². The van der Waals surface area contributed by atoms with Crippen LogP contribution in [0.15, 0.2) is 78.9 Å². The summed E-state index contributed by atoms with van der Waals surface area (Å²) in [6.07, 6.45) is 0.679. The molecule has 0 bridgehead atoms. The van der Waals surface area contributed by atoms with E-state index in [4.69, 9.17) is 10.00 Å². The van der Waals surface area contributed by atoms with E-state index in [2.05, 4.69) is 5.32 Å². The third-order valence-corrected chi connectivity index (χ3v) is 4.09. The molecule has 5 heteroatoms. The van der Waals surface area contributed by atoms with Crippen molar-refractivity contribution in [1.29, 1.82) is 5.26 Å². The average Bonchev–Trinajstić information content (AvgIpc) is 2.74. The van der Waals surface area contributed by atoms with Crippen LogP contribution in [0, 0.1) is 11.3 Å². The molecule has 0 aliphatic rings. The number of esters is 1. The van der Waals surface area contributed by atoms with Crippen LogP contribution in [0.2, 0.25) is 0 Å². The van der Waals surface area contributed by atoms with Gasteiger partial charge in [0.1, 0.15) is 0 Å². The number of hydrogen-bond donors (Lipinski definition) is 1. The molecule has 3 rings (SSSR count). The Morgan fingerprint density at radius 3 is 2.46 bits per heavy atom. The number of rotatable bonds is 6. The number of ether oxygens (including phenoxy) is 1. The van der Waals surface area contributed by atoms with Crippen LogP contribution in [-0.2, 0) is 16.0 Å². The fourth-order valence-corrected chi connectivity index (χ4v) is 2.73. The van der Waals surface area contributed by atoms with Crippen LogP contribution >= 0.6 is 0 Å². The second-order valence-electron chi connectivity index (χ2n) is 6.14. The molecular formula is C23H18N2O3. The van der Waals surface area contributed by atoms with Crippen LogP contribution in [-0.4, -0.2) is 18.5 Å². The summed E-state index contributed by atoms with van der Waals surface area (Å²) in [5.74, 6) is -1.07. The molecule has 0 aromatic heterocycles. The van der Waals surface area contributed by atoms with Gasteiger partial charge in [0, 0.05) is 5.69 Å². The highest BCUT2D eigenvalue weighted by molar-refractivity contribution is 5.96. The van der Waals surface area contributed by atoms with Crippen LogP contribution in [0.3, 0.4) is 0 Å². The first kappa shape index (κ1) is 18.9. The van der Waals surface area contributed by atoms with Crippen molar-refractivity contribution in [2.45, 2.75) is 6.42 Å². The van der Waals surface area contributed by atoms with Gasteiger partial charge in [-0.25, -0.2) is 4.79 Å². The Bertz CT molecular complexity index is 1020. The molecule has 1 N–H and O–H groups in total. The smallest absolute Gasteiger partial charge is 0.338 e. The summed E-state index contributed by atoms with van der Waals surface area (Å²) < 4.78 is 5.06. The molecule has 0 unspecified atom stereocenters. The fraction of sp³-hybridized carbons (Fsp3) is 0.0870. The quantitative estimate of drug-likeness (QED) is 0.667. The Morgan fingerprint density at radius 1 is 0.929 bits per heavy atom. The average molecular weight is 370 g/mol. The Labute approximate surface area is 163 Å². The number of nitrogens with one attached hydrogen (secondary N) is 1. The maximum absolute atomic E-state index is 12.2. The highest BCUT2D eigenvalue weighted by Gasteiger charge is 2.12. The molecule has 138 valence electrons. The van der Waals surface area contributed by atoms with E-state index < -0.39 is 18.5 Å². The fourth-order valence-electron chi connectivity index (χ4n) is 2.73. The van der Waals surface area contributed by atoms with Crippen molar-refractivity contribution in [2.24, 2.45) is 0 Å². The number of anilines is 1. The van der Waals surface area contributed by atoms with E-state index >= 15 is 0 Å². The van der Waals surface area contributed by atoms with E-state index in [-0.39, 0.29) is 5.56 Å². The van der Waals surface area contributed by atoms with Crippen LogP contribution in [0.25, 0.3) is 0 Å². The summed E-state index contributed by atoms with van der Waals surface area (Å²) in [4.78, 5) is 24.3. The molecule has 0 aliphatic heterocycles. The SMILES string of the molecule is N#Cc1cccc(C(=O)OCC(=O)Nc2ccccc2Cc2ccccc2)c1. The zero-order valence-electron chi connectivity index (χ0n) is 15.1. The summed E-state index contributed by atoms with van der Waals surface area (Å²) in [5, 5.41) is 11.7. The summed E-state index contributed by atoms with van der Waals surface area (Å²) in [7, 11) is 0. The van der Waals surface area contributed by atoms with Crippen LogP contribution < -0.4 is 5.32 Å². The van der Waals surface area contributed by atoms with Crippen molar-refractivity contribution in [2.75, 3.05) is 11.9 Å². The summed E-state index contributed by atoms with van der Waals surface area (Å²) in [6, 6.07) is 25.6. The first-order chi connectivity index (χ1) is 13.7. The predicted molar refractivity (Wildman–Crippen MR) is 106 cm³/mol. The van der Waals surface area contributed by atoms with Crippen molar-refractivity contribution in [1.82, 2.24) is 0 Å². The van der Waals surface area contributed by atoms with Gasteiger partial charge in [-0.15, -0.1) is 0 Å². The van der Waals surface area contributed by atoms with Crippen LogP contribution in [0.1, 0.15) is 27.0 Å². The number of hydrogen-bond acceptors (Lipinski definition) is 4. The van der Waals surface area contributed by atoms with Gasteiger partial charge in [-0.3, -0.25) is 4.79 Å². The lowest BCUT2D eigenvalue weighted by molar-refractivity contribution is -0.119. The molecule has 0 saturated heterocycles. The molecular weight excluding hydrogens is 352 g/mol. The molecule has 5 nitrogen and oxygen atoms in total. The van der Waals surface area contributed by atoms with Crippen LogP contribution in [0.4, 0.5) is 5.69 Å². The number of nitrogens with zero attached hydrogens (tertiary/aromatic N) is 1. The third-order valence-electron chi connectivity index (χ3n) is 4.09. The lowest BCUT2D eigenvalue weighted by Crippen LogP contribution is -2.21. The molecule has 3 aromatic rings. The van der Waals surface area contributed by atoms with E-state index in [0.29, 0.717) is 17.7 Å². The Kier molecular flexibility index (Phi) is 6.17. The van der Waals surface area contributed by atoms with Crippen molar-refractivity contribution >= 4 is 17.6 Å². The largest absolute Gasteiger partial charge is 0.452 e. The number of amides is 1. The van der Waals surface area contributed by atoms with E-state index in [0.717, 1.165) is 11.1 Å². The number of benzene rings is 3. The minimum Gasteiger partial charge on any atom is -0.452 e. The molecule has 0 atom stereocenters. The van der Waals surface area contributed by atoms with E-state index in [1.54, 1.807) is 12.1 Å². The van der Waals surface area contributed by atoms with Gasteiger partial charge in [0.2, 0.25) is 0 Å². The molecule has 1 amide bonds. The number of carbonyl (C=O) groups excluding carboxylic acids is 2. The Morgan fingerprint density at radius 2 is 1.68 bits per heavy atom. The van der Waals surface area contributed by atoms with Gasteiger partial charge < -0.3 is 10.1 Å². The maximum atomic E-state index is 12.2. The standard InChI is InChI=1S/C23H18N2O3/c24-15-18-9-6-11-20(14-18)23(27)28-16-22(26)25-21-12-5-4-10-19(21)13-17-7-2-1-3-8-17/h1-12,14H,13,16H2,(H,25,26). The minimum atomic E-state index is -0.648. The van der Waals surface area contributed by atoms with Gasteiger partial charge in [0.15, 0.2) is 6.61 Å². The Balaban J connectivity index is 1.61. The van der Waals surface area contributed by atoms with Gasteiger partial charge in [0.25, 0.3) is 5.91 Å². The lowest BCUT2D eigenvalue weighted by atomic mass is 10.0. The second-order valence-corrected chi connectivity index (χ2v) is 6.14. The zero-order chi connectivity index (χ0) is 19.8. The van der Waals surface area contributed by atoms with Gasteiger partial charge in [0.05, 0.1) is 17.2 Å². The maximum Gasteiger partial charge on any atom is 0.338 e. The van der Waals surface area contributed by atoms with Gasteiger partial charge in [-0.05, 0) is 41.8 Å². The molecule has 0 radical (unpaired) electrons. The lowest BCUT2D eigenvalue weighted by Gasteiger charge is -2.11. The number of para-hydroxylation sites is 1. The van der Waals surface area contributed by atoms with E-state index in [1.807, 2.05) is 60.7 Å². The molecule has 0 fully saturated rings. The highest BCUT2D eigenvalue weighted by Crippen LogP contribution is 2.19. The monoisotopic (exact) mass is 370 g/mol. The predicted octanol–water partition coefficient (Wildman–Crippen LogP) is 3.94.